The minimum atomic E-state index is -0.586. The van der Waals surface area contributed by atoms with Crippen LogP contribution in [0.25, 0.3) is 0 Å². The lowest BCUT2D eigenvalue weighted by atomic mass is 9.90. The number of nitrogens with two attached hydrogens (primary N) is 1. The van der Waals surface area contributed by atoms with E-state index in [1.807, 2.05) is 65.0 Å². The van der Waals surface area contributed by atoms with Crippen LogP contribution in [0.3, 0.4) is 0 Å². The Morgan fingerprint density at radius 1 is 1.06 bits per heavy atom. The summed E-state index contributed by atoms with van der Waals surface area (Å²) in [4.78, 5) is 29.9. The molecule has 2 atom stereocenters. The van der Waals surface area contributed by atoms with Gasteiger partial charge in [-0.2, -0.15) is 0 Å². The standard InChI is InChI=1S/C26H36BrN5O3/c1-25(2,3)35-24(34)30-20-14-10-9-13-19(20)29-22-18(27)15-17(21(28)31-22)23(33)32-26(4,5)16-11-7-6-8-12-16/h6-8,11-12,15,19-20H,9-10,13-14H2,1-5H3,(H,30,34)(H,32,33)(H3,28,29,31)/t19-,20+/m1/s1. The maximum Gasteiger partial charge on any atom is 0.407 e. The number of halogens is 1. The second kappa shape index (κ2) is 10.8. The summed E-state index contributed by atoms with van der Waals surface area (Å²) >= 11 is 3.54. The number of nitrogens with zero attached hydrogens (tertiary/aromatic N) is 1. The van der Waals surface area contributed by atoms with Gasteiger partial charge >= 0.3 is 6.09 Å². The number of hydrogen-bond donors (Lipinski definition) is 4. The van der Waals surface area contributed by atoms with E-state index in [1.54, 1.807) is 6.07 Å². The number of rotatable bonds is 6. The number of amides is 2. The highest BCUT2D eigenvalue weighted by molar-refractivity contribution is 9.10. The maximum atomic E-state index is 13.1. The first kappa shape index (κ1) is 26.8. The van der Waals surface area contributed by atoms with Crippen LogP contribution in [0.2, 0.25) is 0 Å². The lowest BCUT2D eigenvalue weighted by molar-refractivity contribution is 0.0488. The normalized spacial score (nSPS) is 18.5. The Labute approximate surface area is 215 Å². The third-order valence-corrected chi connectivity index (χ3v) is 6.57. The quantitative estimate of drug-likeness (QED) is 0.389. The molecule has 0 saturated heterocycles. The molecule has 1 saturated carbocycles. The van der Waals surface area contributed by atoms with Crippen molar-refractivity contribution >= 4 is 39.6 Å². The summed E-state index contributed by atoms with van der Waals surface area (Å²) in [5, 5.41) is 9.44. The molecular weight excluding hydrogens is 510 g/mol. The van der Waals surface area contributed by atoms with Crippen LogP contribution in [0.5, 0.6) is 0 Å². The molecule has 0 radical (unpaired) electrons. The third kappa shape index (κ3) is 7.34. The first-order valence-corrected chi connectivity index (χ1v) is 12.7. The number of alkyl carbamates (subject to hydrolysis) is 1. The van der Waals surface area contributed by atoms with Gasteiger partial charge in [-0.25, -0.2) is 9.78 Å². The summed E-state index contributed by atoms with van der Waals surface area (Å²) < 4.78 is 6.05. The second-order valence-corrected chi connectivity index (χ2v) is 11.3. The predicted molar refractivity (Wildman–Crippen MR) is 142 cm³/mol. The average molecular weight is 547 g/mol. The molecule has 0 aliphatic heterocycles. The molecule has 0 bridgehead atoms. The Balaban J connectivity index is 1.73. The highest BCUT2D eigenvalue weighted by atomic mass is 79.9. The first-order valence-electron chi connectivity index (χ1n) is 12.0. The van der Waals surface area contributed by atoms with Crippen LogP contribution in [0, 0.1) is 0 Å². The lowest BCUT2D eigenvalue weighted by Gasteiger charge is -2.34. The van der Waals surface area contributed by atoms with Crippen molar-refractivity contribution in [3.63, 3.8) is 0 Å². The van der Waals surface area contributed by atoms with E-state index in [9.17, 15) is 9.59 Å². The summed E-state index contributed by atoms with van der Waals surface area (Å²) in [6, 6.07) is 11.3. The van der Waals surface area contributed by atoms with Gasteiger partial charge in [0, 0.05) is 6.04 Å². The molecule has 3 rings (SSSR count). The molecular formula is C26H36BrN5O3. The average Bonchev–Trinajstić information content (AvgIpc) is 2.76. The molecule has 9 heteroatoms. The lowest BCUT2D eigenvalue weighted by Crippen LogP contribution is -2.50. The summed E-state index contributed by atoms with van der Waals surface area (Å²) in [6.45, 7) is 9.40. The summed E-state index contributed by atoms with van der Waals surface area (Å²) in [5.41, 5.74) is 6.34. The fraction of sp³-hybridized carbons (Fsp3) is 0.500. The zero-order valence-electron chi connectivity index (χ0n) is 21.1. The fourth-order valence-electron chi connectivity index (χ4n) is 4.18. The number of nitrogens with one attached hydrogen (secondary N) is 3. The molecule has 5 N–H and O–H groups in total. The van der Waals surface area contributed by atoms with Gasteiger partial charge in [-0.3, -0.25) is 4.79 Å². The van der Waals surface area contributed by atoms with Gasteiger partial charge in [0.25, 0.3) is 5.91 Å². The molecule has 1 aliphatic carbocycles. The minimum Gasteiger partial charge on any atom is -0.444 e. The van der Waals surface area contributed by atoms with E-state index in [0.717, 1.165) is 31.2 Å². The summed E-state index contributed by atoms with van der Waals surface area (Å²) in [5.74, 6) is 0.354. The van der Waals surface area contributed by atoms with Gasteiger partial charge in [-0.15, -0.1) is 0 Å². The molecule has 190 valence electrons. The van der Waals surface area contributed by atoms with Gasteiger partial charge in [0.15, 0.2) is 0 Å². The Morgan fingerprint density at radius 2 is 1.69 bits per heavy atom. The largest absolute Gasteiger partial charge is 0.444 e. The van der Waals surface area contributed by atoms with E-state index in [2.05, 4.69) is 36.9 Å². The van der Waals surface area contributed by atoms with Gasteiger partial charge < -0.3 is 26.4 Å². The Kier molecular flexibility index (Phi) is 8.30. The number of anilines is 2. The van der Waals surface area contributed by atoms with Crippen molar-refractivity contribution in [3.8, 4) is 0 Å². The van der Waals surface area contributed by atoms with E-state index in [4.69, 9.17) is 10.5 Å². The monoisotopic (exact) mass is 545 g/mol. The molecule has 1 fully saturated rings. The molecule has 0 unspecified atom stereocenters. The fourth-order valence-corrected chi connectivity index (χ4v) is 4.61. The second-order valence-electron chi connectivity index (χ2n) is 10.5. The molecule has 35 heavy (non-hydrogen) atoms. The van der Waals surface area contributed by atoms with E-state index in [0.29, 0.717) is 15.9 Å². The maximum absolute atomic E-state index is 13.1. The predicted octanol–water partition coefficient (Wildman–Crippen LogP) is 5.34. The third-order valence-electron chi connectivity index (χ3n) is 5.96. The SMILES string of the molecule is CC(C)(C)OC(=O)N[C@H]1CCCC[C@H]1Nc1nc(N)c(C(=O)NC(C)(C)c2ccccc2)cc1Br. The summed E-state index contributed by atoms with van der Waals surface area (Å²) in [6.07, 6.45) is 3.31. The number of carbonyl (C=O) groups is 2. The smallest absolute Gasteiger partial charge is 0.407 e. The molecule has 1 aromatic heterocycles. The Bertz CT molecular complexity index is 1050. The molecule has 2 aromatic rings. The number of nitrogen functional groups attached to an aromatic ring is 1. The van der Waals surface area contributed by atoms with Crippen molar-refractivity contribution in [1.82, 2.24) is 15.6 Å². The summed E-state index contributed by atoms with van der Waals surface area (Å²) in [7, 11) is 0. The molecule has 1 heterocycles. The van der Waals surface area contributed by atoms with E-state index in [1.165, 1.54) is 0 Å². The molecule has 0 spiro atoms. The number of benzene rings is 1. The van der Waals surface area contributed by atoms with Crippen molar-refractivity contribution in [2.45, 2.75) is 83.5 Å². The van der Waals surface area contributed by atoms with Crippen LogP contribution in [0.1, 0.15) is 76.2 Å². The zero-order chi connectivity index (χ0) is 25.8. The molecule has 2 amide bonds. The van der Waals surface area contributed by atoms with E-state index >= 15 is 0 Å². The van der Waals surface area contributed by atoms with Crippen molar-refractivity contribution in [1.29, 1.82) is 0 Å². The van der Waals surface area contributed by atoms with Crippen LogP contribution in [-0.2, 0) is 10.3 Å². The number of carbonyl (C=O) groups excluding carboxylic acids is 2. The topological polar surface area (TPSA) is 118 Å². The van der Waals surface area contributed by atoms with Gasteiger partial charge in [-0.05, 0) is 75.0 Å². The van der Waals surface area contributed by atoms with Crippen LogP contribution in [0.4, 0.5) is 16.4 Å². The van der Waals surface area contributed by atoms with Crippen molar-refractivity contribution < 1.29 is 14.3 Å². The van der Waals surface area contributed by atoms with E-state index in [-0.39, 0.29) is 23.8 Å². The number of pyridine rings is 1. The highest BCUT2D eigenvalue weighted by Crippen LogP contribution is 2.30. The molecule has 1 aliphatic rings. The van der Waals surface area contributed by atoms with Gasteiger partial charge in [-0.1, -0.05) is 43.2 Å². The van der Waals surface area contributed by atoms with E-state index < -0.39 is 17.2 Å². The van der Waals surface area contributed by atoms with Gasteiger partial charge in [0.1, 0.15) is 17.2 Å². The van der Waals surface area contributed by atoms with Crippen molar-refractivity contribution in [3.05, 3.63) is 52.0 Å². The Hall–Kier alpha value is -2.81. The highest BCUT2D eigenvalue weighted by Gasteiger charge is 2.30. The van der Waals surface area contributed by atoms with Gasteiger partial charge in [0.05, 0.1) is 21.6 Å². The molecule has 1 aromatic carbocycles. The molecule has 8 nitrogen and oxygen atoms in total. The minimum absolute atomic E-state index is 0.0452. The van der Waals surface area contributed by atoms with Crippen molar-refractivity contribution in [2.75, 3.05) is 11.1 Å². The number of ether oxygens (including phenoxy) is 1. The van der Waals surface area contributed by atoms with Crippen LogP contribution < -0.4 is 21.7 Å². The van der Waals surface area contributed by atoms with Crippen molar-refractivity contribution in [2.24, 2.45) is 0 Å². The number of hydrogen-bond acceptors (Lipinski definition) is 6. The van der Waals surface area contributed by atoms with Gasteiger partial charge in [0.2, 0.25) is 0 Å². The zero-order valence-corrected chi connectivity index (χ0v) is 22.7. The first-order chi connectivity index (χ1) is 16.4. The Morgan fingerprint density at radius 3 is 2.31 bits per heavy atom. The van der Waals surface area contributed by atoms with Crippen LogP contribution in [-0.4, -0.2) is 34.7 Å². The van der Waals surface area contributed by atoms with Crippen LogP contribution in [0.15, 0.2) is 40.9 Å². The van der Waals surface area contributed by atoms with Crippen LogP contribution >= 0.6 is 15.9 Å². The number of aromatic nitrogens is 1.